The molecule has 1 aromatic rings. The molecule has 1 aromatic carbocycles. The highest BCUT2D eigenvalue weighted by atomic mass is 35.5. The van der Waals surface area contributed by atoms with Crippen LogP contribution in [0.5, 0.6) is 0 Å². The molecule has 0 amide bonds. The average Bonchev–Trinajstić information content (AvgIpc) is 2.85. The van der Waals surface area contributed by atoms with Crippen LogP contribution in [0.3, 0.4) is 0 Å². The van der Waals surface area contributed by atoms with Gasteiger partial charge in [-0.2, -0.15) is 0 Å². The number of aromatic carboxylic acids is 1. The Kier molecular flexibility index (Phi) is 3.61. The molecule has 20 heavy (non-hydrogen) atoms. The summed E-state index contributed by atoms with van der Waals surface area (Å²) in [6, 6.07) is 6.05. The first-order valence-corrected chi connectivity index (χ1v) is 7.47. The lowest BCUT2D eigenvalue weighted by atomic mass is 10.0. The Morgan fingerprint density at radius 2 is 2.20 bits per heavy atom. The average molecular weight is 295 g/mol. The van der Waals surface area contributed by atoms with E-state index in [1.807, 2.05) is 6.07 Å². The number of fused-ring (bicyclic) bond motifs is 1. The Morgan fingerprint density at radius 3 is 2.95 bits per heavy atom. The van der Waals surface area contributed by atoms with Crippen LogP contribution in [0.4, 0.5) is 5.69 Å². The number of hydrogen-bond acceptors (Lipinski definition) is 3. The Hall–Kier alpha value is -1.26. The number of carboxylic acid groups (broad SMARTS) is 1. The van der Waals surface area contributed by atoms with Crippen LogP contribution in [0.25, 0.3) is 0 Å². The van der Waals surface area contributed by atoms with Crippen LogP contribution >= 0.6 is 11.6 Å². The van der Waals surface area contributed by atoms with E-state index in [0.29, 0.717) is 22.7 Å². The van der Waals surface area contributed by atoms with Crippen LogP contribution < -0.4 is 4.90 Å². The predicted octanol–water partition coefficient (Wildman–Crippen LogP) is 2.71. The summed E-state index contributed by atoms with van der Waals surface area (Å²) < 4.78 is 0. The summed E-state index contributed by atoms with van der Waals surface area (Å²) in [5.41, 5.74) is 1.09. The molecule has 0 bridgehead atoms. The van der Waals surface area contributed by atoms with E-state index in [0.717, 1.165) is 18.8 Å². The van der Waals surface area contributed by atoms with Gasteiger partial charge in [0.2, 0.25) is 0 Å². The van der Waals surface area contributed by atoms with Gasteiger partial charge in [-0.1, -0.05) is 11.6 Å². The number of anilines is 1. The third-order valence-corrected chi connectivity index (χ3v) is 4.67. The molecule has 108 valence electrons. The number of hydrogen-bond donors (Lipinski definition) is 1. The van der Waals surface area contributed by atoms with Gasteiger partial charge in [-0.3, -0.25) is 4.90 Å². The number of rotatable bonds is 2. The highest BCUT2D eigenvalue weighted by Gasteiger charge is 2.35. The van der Waals surface area contributed by atoms with Crippen molar-refractivity contribution in [3.8, 4) is 0 Å². The summed E-state index contributed by atoms with van der Waals surface area (Å²) in [5, 5.41) is 9.87. The Balaban J connectivity index is 1.93. The minimum absolute atomic E-state index is 0.302. The molecule has 2 aliphatic rings. The van der Waals surface area contributed by atoms with Gasteiger partial charge >= 0.3 is 5.97 Å². The summed E-state index contributed by atoms with van der Waals surface area (Å²) in [5.74, 6) is -0.913. The highest BCUT2D eigenvalue weighted by Crippen LogP contribution is 2.32. The normalized spacial score (nSPS) is 26.6. The van der Waals surface area contributed by atoms with Crippen molar-refractivity contribution in [3.05, 3.63) is 28.8 Å². The second-order valence-electron chi connectivity index (χ2n) is 5.76. The van der Waals surface area contributed by atoms with Crippen molar-refractivity contribution >= 4 is 23.3 Å². The van der Waals surface area contributed by atoms with E-state index in [-0.39, 0.29) is 0 Å². The molecule has 0 aliphatic carbocycles. The van der Waals surface area contributed by atoms with E-state index in [1.165, 1.54) is 19.4 Å². The predicted molar refractivity (Wildman–Crippen MR) is 79.8 cm³/mol. The Bertz CT molecular complexity index is 535. The van der Waals surface area contributed by atoms with Gasteiger partial charge in [0.1, 0.15) is 0 Å². The largest absolute Gasteiger partial charge is 0.478 e. The van der Waals surface area contributed by atoms with Crippen molar-refractivity contribution in [2.24, 2.45) is 0 Å². The van der Waals surface area contributed by atoms with Crippen molar-refractivity contribution in [1.82, 2.24) is 4.90 Å². The summed E-state index contributed by atoms with van der Waals surface area (Å²) in [6.45, 7) is 5.25. The van der Waals surface area contributed by atoms with Crippen molar-refractivity contribution in [2.75, 3.05) is 24.5 Å². The minimum Gasteiger partial charge on any atom is -0.478 e. The summed E-state index contributed by atoms with van der Waals surface area (Å²) in [6.07, 6.45) is 2.46. The van der Waals surface area contributed by atoms with Gasteiger partial charge in [0.15, 0.2) is 0 Å². The third-order valence-electron chi connectivity index (χ3n) is 4.44. The first-order chi connectivity index (χ1) is 9.56. The monoisotopic (exact) mass is 294 g/mol. The molecular formula is C15H19ClN2O2. The summed E-state index contributed by atoms with van der Waals surface area (Å²) in [7, 11) is 0. The van der Waals surface area contributed by atoms with Gasteiger partial charge in [-0.15, -0.1) is 0 Å². The molecule has 0 spiro atoms. The van der Waals surface area contributed by atoms with E-state index in [4.69, 9.17) is 11.6 Å². The van der Waals surface area contributed by atoms with E-state index in [2.05, 4.69) is 16.7 Å². The molecule has 1 N–H and O–H groups in total. The van der Waals surface area contributed by atoms with E-state index in [1.54, 1.807) is 12.1 Å². The minimum atomic E-state index is -0.913. The fourth-order valence-electron chi connectivity index (χ4n) is 3.45. The zero-order chi connectivity index (χ0) is 14.3. The fraction of sp³-hybridized carbons (Fsp3) is 0.533. The maximum atomic E-state index is 11.5. The molecule has 2 fully saturated rings. The van der Waals surface area contributed by atoms with E-state index in [9.17, 15) is 9.90 Å². The molecule has 3 rings (SSSR count). The lowest BCUT2D eigenvalue weighted by molar-refractivity contribution is 0.0697. The Labute approximate surface area is 123 Å². The van der Waals surface area contributed by atoms with E-state index >= 15 is 0 Å². The molecule has 0 radical (unpaired) electrons. The first kappa shape index (κ1) is 13.7. The zero-order valence-corrected chi connectivity index (χ0v) is 12.3. The second-order valence-corrected chi connectivity index (χ2v) is 6.20. The zero-order valence-electron chi connectivity index (χ0n) is 11.6. The molecule has 5 heteroatoms. The topological polar surface area (TPSA) is 43.8 Å². The standard InChI is InChI=1S/C15H19ClN2O2/c1-10-8-17-6-2-3-12(17)9-18(10)14-5-4-11(16)7-13(14)15(19)20/h4-5,7,10,12H,2-3,6,8-9H2,1H3,(H,19,20). The molecular weight excluding hydrogens is 276 g/mol. The SMILES string of the molecule is CC1CN2CCCC2CN1c1ccc(Cl)cc1C(=O)O. The van der Waals surface area contributed by atoms with Crippen LogP contribution in [0.2, 0.25) is 5.02 Å². The van der Waals surface area contributed by atoms with Crippen LogP contribution in [-0.4, -0.2) is 47.7 Å². The Morgan fingerprint density at radius 1 is 1.40 bits per heavy atom. The van der Waals surface area contributed by atoms with Crippen LogP contribution in [0.15, 0.2) is 18.2 Å². The molecule has 2 unspecified atom stereocenters. The maximum absolute atomic E-state index is 11.5. The molecule has 2 heterocycles. The smallest absolute Gasteiger partial charge is 0.337 e. The van der Waals surface area contributed by atoms with Gasteiger partial charge < -0.3 is 10.0 Å². The van der Waals surface area contributed by atoms with Gasteiger partial charge in [0, 0.05) is 30.2 Å². The maximum Gasteiger partial charge on any atom is 0.337 e. The van der Waals surface area contributed by atoms with Crippen LogP contribution in [0.1, 0.15) is 30.1 Å². The van der Waals surface area contributed by atoms with Gasteiger partial charge in [-0.05, 0) is 44.5 Å². The number of halogens is 1. The van der Waals surface area contributed by atoms with Crippen LogP contribution in [-0.2, 0) is 0 Å². The molecule has 2 aliphatic heterocycles. The van der Waals surface area contributed by atoms with Crippen molar-refractivity contribution in [1.29, 1.82) is 0 Å². The quantitative estimate of drug-likeness (QED) is 0.911. The first-order valence-electron chi connectivity index (χ1n) is 7.10. The number of nitrogens with zero attached hydrogens (tertiary/aromatic N) is 2. The van der Waals surface area contributed by atoms with Crippen LogP contribution in [0, 0.1) is 0 Å². The number of piperazine rings is 1. The summed E-state index contributed by atoms with van der Waals surface area (Å²) >= 11 is 5.94. The van der Waals surface area contributed by atoms with Crippen molar-refractivity contribution in [3.63, 3.8) is 0 Å². The van der Waals surface area contributed by atoms with Gasteiger partial charge in [0.05, 0.1) is 11.3 Å². The molecule has 0 aromatic heterocycles. The van der Waals surface area contributed by atoms with Crippen molar-refractivity contribution < 1.29 is 9.90 Å². The highest BCUT2D eigenvalue weighted by molar-refractivity contribution is 6.31. The number of carbonyl (C=O) groups is 1. The second kappa shape index (κ2) is 5.26. The van der Waals surface area contributed by atoms with Crippen molar-refractivity contribution in [2.45, 2.75) is 31.8 Å². The molecule has 4 nitrogen and oxygen atoms in total. The molecule has 0 saturated carbocycles. The summed E-state index contributed by atoms with van der Waals surface area (Å²) in [4.78, 5) is 16.2. The van der Waals surface area contributed by atoms with Gasteiger partial charge in [0.25, 0.3) is 0 Å². The van der Waals surface area contributed by atoms with Gasteiger partial charge in [-0.25, -0.2) is 4.79 Å². The molecule has 2 atom stereocenters. The lowest BCUT2D eigenvalue weighted by Gasteiger charge is -2.44. The molecule has 2 saturated heterocycles. The number of carboxylic acids is 1. The fourth-order valence-corrected chi connectivity index (χ4v) is 3.63. The number of benzene rings is 1. The van der Waals surface area contributed by atoms with E-state index < -0.39 is 5.97 Å². The third kappa shape index (κ3) is 2.38. The lowest BCUT2D eigenvalue weighted by Crippen LogP contribution is -2.55.